The van der Waals surface area contributed by atoms with Gasteiger partial charge in [0.2, 0.25) is 15.9 Å². The van der Waals surface area contributed by atoms with Crippen molar-refractivity contribution in [1.29, 1.82) is 0 Å². The number of hydrogen-bond acceptors (Lipinski definition) is 4. The Labute approximate surface area is 144 Å². The van der Waals surface area contributed by atoms with Crippen LogP contribution in [0, 0.1) is 5.92 Å². The van der Waals surface area contributed by atoms with Gasteiger partial charge in [0.25, 0.3) is 0 Å². The maximum absolute atomic E-state index is 12.7. The highest BCUT2D eigenvalue weighted by Crippen LogP contribution is 2.30. The molecule has 1 fully saturated rings. The van der Waals surface area contributed by atoms with Gasteiger partial charge in [-0.15, -0.1) is 0 Å². The van der Waals surface area contributed by atoms with E-state index in [2.05, 4.69) is 5.32 Å². The Bertz CT molecular complexity index is 678. The van der Waals surface area contributed by atoms with Gasteiger partial charge in [0, 0.05) is 19.0 Å². The third-order valence-electron chi connectivity index (χ3n) is 4.49. The summed E-state index contributed by atoms with van der Waals surface area (Å²) >= 11 is 0. The molecule has 1 amide bonds. The summed E-state index contributed by atoms with van der Waals surface area (Å²) < 4.78 is 32.1. The molecule has 0 aliphatic carbocycles. The lowest BCUT2D eigenvalue weighted by Gasteiger charge is -2.18. The summed E-state index contributed by atoms with van der Waals surface area (Å²) in [7, 11) is -2.03. The van der Waals surface area contributed by atoms with Gasteiger partial charge in [-0.25, -0.2) is 8.42 Å². The fourth-order valence-electron chi connectivity index (χ4n) is 2.92. The van der Waals surface area contributed by atoms with Gasteiger partial charge in [0.1, 0.15) is 5.75 Å². The predicted octanol–water partition coefficient (Wildman–Crippen LogP) is 2.85. The molecule has 1 heterocycles. The van der Waals surface area contributed by atoms with Gasteiger partial charge in [0.05, 0.1) is 17.7 Å². The molecule has 0 radical (unpaired) electrons. The Morgan fingerprint density at radius 1 is 1.25 bits per heavy atom. The van der Waals surface area contributed by atoms with Gasteiger partial charge in [-0.3, -0.25) is 4.79 Å². The van der Waals surface area contributed by atoms with Crippen molar-refractivity contribution in [1.82, 2.24) is 4.31 Å². The van der Waals surface area contributed by atoms with Crippen molar-refractivity contribution < 1.29 is 17.9 Å². The number of nitrogens with one attached hydrogen (secondary N) is 1. The minimum Gasteiger partial charge on any atom is -0.495 e. The molecule has 1 saturated heterocycles. The third kappa shape index (κ3) is 3.89. The molecule has 0 aromatic heterocycles. The molecule has 1 aromatic rings. The number of amides is 1. The zero-order valence-electron chi connectivity index (χ0n) is 14.5. The number of hydrogen-bond donors (Lipinski definition) is 1. The first-order valence-corrected chi connectivity index (χ1v) is 9.87. The normalized spacial score (nSPS) is 15.7. The van der Waals surface area contributed by atoms with Crippen molar-refractivity contribution >= 4 is 21.6 Å². The highest BCUT2D eigenvalue weighted by atomic mass is 32.2. The first kappa shape index (κ1) is 18.7. The van der Waals surface area contributed by atoms with Crippen molar-refractivity contribution in [3.05, 3.63) is 18.2 Å². The molecule has 0 spiro atoms. The summed E-state index contributed by atoms with van der Waals surface area (Å²) in [5, 5.41) is 2.82. The van der Waals surface area contributed by atoms with Crippen molar-refractivity contribution in [2.24, 2.45) is 5.92 Å². The maximum Gasteiger partial charge on any atom is 0.243 e. The molecule has 0 atom stereocenters. The number of nitrogens with zero attached hydrogens (tertiary/aromatic N) is 1. The van der Waals surface area contributed by atoms with Crippen LogP contribution in [0.2, 0.25) is 0 Å². The largest absolute Gasteiger partial charge is 0.495 e. The van der Waals surface area contributed by atoms with E-state index >= 15 is 0 Å². The molecule has 1 aliphatic heterocycles. The van der Waals surface area contributed by atoms with Crippen molar-refractivity contribution in [3.8, 4) is 5.75 Å². The average molecular weight is 354 g/mol. The second-order valence-electron chi connectivity index (χ2n) is 5.98. The van der Waals surface area contributed by atoms with Crippen LogP contribution in [0.1, 0.15) is 39.5 Å². The van der Waals surface area contributed by atoms with Crippen LogP contribution in [0.15, 0.2) is 23.1 Å². The Kier molecular flexibility index (Phi) is 6.23. The molecule has 1 aromatic carbocycles. The second-order valence-corrected chi connectivity index (χ2v) is 7.91. The monoisotopic (exact) mass is 354 g/mol. The molecule has 134 valence electrons. The number of sulfonamides is 1. The molecule has 1 N–H and O–H groups in total. The maximum atomic E-state index is 12.7. The van der Waals surface area contributed by atoms with Crippen LogP contribution >= 0.6 is 0 Å². The summed E-state index contributed by atoms with van der Waals surface area (Å²) in [4.78, 5) is 12.5. The second kappa shape index (κ2) is 7.98. The minimum atomic E-state index is -3.53. The lowest BCUT2D eigenvalue weighted by molar-refractivity contribution is -0.120. The number of carbonyl (C=O) groups excluding carboxylic acids is 1. The summed E-state index contributed by atoms with van der Waals surface area (Å²) in [6, 6.07) is 4.61. The van der Waals surface area contributed by atoms with Gasteiger partial charge in [-0.05, 0) is 43.9 Å². The number of benzene rings is 1. The summed E-state index contributed by atoms with van der Waals surface area (Å²) in [6.07, 6.45) is 3.23. The van der Waals surface area contributed by atoms with E-state index in [1.54, 1.807) is 6.07 Å². The summed E-state index contributed by atoms with van der Waals surface area (Å²) in [5.41, 5.74) is 0.398. The van der Waals surface area contributed by atoms with Gasteiger partial charge >= 0.3 is 0 Å². The Morgan fingerprint density at radius 2 is 1.88 bits per heavy atom. The van der Waals surface area contributed by atoms with E-state index in [0.29, 0.717) is 24.5 Å². The van der Waals surface area contributed by atoms with Crippen LogP contribution in [-0.2, 0) is 14.8 Å². The van der Waals surface area contributed by atoms with Crippen molar-refractivity contribution in [2.75, 3.05) is 25.5 Å². The highest BCUT2D eigenvalue weighted by Gasteiger charge is 2.28. The van der Waals surface area contributed by atoms with Gasteiger partial charge in [-0.2, -0.15) is 4.31 Å². The molecule has 1 aliphatic rings. The molecule has 0 unspecified atom stereocenters. The molecule has 7 heteroatoms. The van der Waals surface area contributed by atoms with E-state index in [-0.39, 0.29) is 16.7 Å². The molecular formula is C17H26N2O4S. The molecule has 6 nitrogen and oxygen atoms in total. The number of methoxy groups -OCH3 is 1. The Hall–Kier alpha value is -1.60. The number of anilines is 1. The number of ether oxygens (including phenoxy) is 1. The van der Waals surface area contributed by atoms with E-state index in [1.807, 2.05) is 13.8 Å². The summed E-state index contributed by atoms with van der Waals surface area (Å²) in [5.74, 6) is 0.234. The molecular weight excluding hydrogens is 328 g/mol. The van der Waals surface area contributed by atoms with Crippen LogP contribution in [0.25, 0.3) is 0 Å². The lowest BCUT2D eigenvalue weighted by Crippen LogP contribution is -2.28. The zero-order valence-corrected chi connectivity index (χ0v) is 15.4. The van der Waals surface area contributed by atoms with Gasteiger partial charge in [0.15, 0.2) is 0 Å². The fourth-order valence-corrected chi connectivity index (χ4v) is 4.46. The van der Waals surface area contributed by atoms with E-state index in [0.717, 1.165) is 25.7 Å². The van der Waals surface area contributed by atoms with E-state index in [4.69, 9.17) is 4.74 Å². The van der Waals surface area contributed by atoms with E-state index in [9.17, 15) is 13.2 Å². The van der Waals surface area contributed by atoms with Gasteiger partial charge in [-0.1, -0.05) is 13.8 Å². The van der Waals surface area contributed by atoms with Crippen LogP contribution in [0.4, 0.5) is 5.69 Å². The van der Waals surface area contributed by atoms with Crippen LogP contribution in [-0.4, -0.2) is 38.8 Å². The van der Waals surface area contributed by atoms with E-state index < -0.39 is 10.0 Å². The topological polar surface area (TPSA) is 75.7 Å². The quantitative estimate of drug-likeness (QED) is 0.817. The third-order valence-corrected chi connectivity index (χ3v) is 6.38. The Morgan fingerprint density at radius 3 is 2.42 bits per heavy atom. The fraction of sp³-hybridized carbons (Fsp3) is 0.588. The number of carbonyl (C=O) groups is 1. The van der Waals surface area contributed by atoms with E-state index in [1.165, 1.54) is 23.5 Å². The van der Waals surface area contributed by atoms with Gasteiger partial charge < -0.3 is 10.1 Å². The highest BCUT2D eigenvalue weighted by molar-refractivity contribution is 7.89. The minimum absolute atomic E-state index is 0.103. The smallest absolute Gasteiger partial charge is 0.243 e. The SMILES string of the molecule is CCC(CC)C(=O)Nc1cc(S(=O)(=O)N2CCCC2)ccc1OC. The molecule has 2 rings (SSSR count). The Balaban J connectivity index is 2.32. The lowest BCUT2D eigenvalue weighted by atomic mass is 10.0. The average Bonchev–Trinajstić information content (AvgIpc) is 3.11. The first-order chi connectivity index (χ1) is 11.4. The zero-order chi connectivity index (χ0) is 17.7. The van der Waals surface area contributed by atoms with Crippen molar-refractivity contribution in [2.45, 2.75) is 44.4 Å². The number of rotatable bonds is 7. The van der Waals surface area contributed by atoms with Crippen LogP contribution in [0.3, 0.4) is 0 Å². The van der Waals surface area contributed by atoms with Crippen LogP contribution < -0.4 is 10.1 Å². The molecule has 24 heavy (non-hydrogen) atoms. The standard InChI is InChI=1S/C17H26N2O4S/c1-4-13(5-2)17(20)18-15-12-14(8-9-16(15)23-3)24(21,22)19-10-6-7-11-19/h8-9,12-13H,4-7,10-11H2,1-3H3,(H,18,20). The first-order valence-electron chi connectivity index (χ1n) is 8.43. The van der Waals surface area contributed by atoms with Crippen LogP contribution in [0.5, 0.6) is 5.75 Å². The molecule has 0 bridgehead atoms. The predicted molar refractivity (Wildman–Crippen MR) is 93.7 cm³/mol. The summed E-state index contributed by atoms with van der Waals surface area (Å²) in [6.45, 7) is 5.01. The van der Waals surface area contributed by atoms with Crippen molar-refractivity contribution in [3.63, 3.8) is 0 Å². The molecule has 0 saturated carbocycles.